The van der Waals surface area contributed by atoms with Gasteiger partial charge in [0.05, 0.1) is 0 Å². The molecule has 1 heterocycles. The number of nitrogens with zero attached hydrogens (tertiary/aromatic N) is 2. The SMILES string of the molecule is Cn1nc(-c2cccc(OCc3ccccc3)c2)c(F)c1N. The van der Waals surface area contributed by atoms with E-state index in [2.05, 4.69) is 5.10 Å². The molecular weight excluding hydrogens is 281 g/mol. The predicted molar refractivity (Wildman–Crippen MR) is 83.8 cm³/mol. The second-order valence-electron chi connectivity index (χ2n) is 4.97. The van der Waals surface area contributed by atoms with E-state index >= 15 is 0 Å². The smallest absolute Gasteiger partial charge is 0.192 e. The van der Waals surface area contributed by atoms with Crippen molar-refractivity contribution >= 4 is 5.82 Å². The number of anilines is 1. The van der Waals surface area contributed by atoms with Crippen molar-refractivity contribution in [3.8, 4) is 17.0 Å². The summed E-state index contributed by atoms with van der Waals surface area (Å²) < 4.78 is 21.1. The van der Waals surface area contributed by atoms with Crippen LogP contribution >= 0.6 is 0 Å². The number of aromatic nitrogens is 2. The number of hydrogen-bond donors (Lipinski definition) is 1. The maximum Gasteiger partial charge on any atom is 0.192 e. The number of nitrogens with two attached hydrogens (primary N) is 1. The number of halogens is 1. The predicted octanol–water partition coefficient (Wildman–Crippen LogP) is 3.39. The van der Waals surface area contributed by atoms with E-state index in [9.17, 15) is 4.39 Å². The van der Waals surface area contributed by atoms with E-state index in [1.165, 1.54) is 4.68 Å². The maximum atomic E-state index is 14.0. The van der Waals surface area contributed by atoms with E-state index in [1.807, 2.05) is 36.4 Å². The Bertz CT molecular complexity index is 784. The Morgan fingerprint density at radius 2 is 1.91 bits per heavy atom. The van der Waals surface area contributed by atoms with Gasteiger partial charge in [0, 0.05) is 12.6 Å². The lowest BCUT2D eigenvalue weighted by atomic mass is 10.1. The number of rotatable bonds is 4. The van der Waals surface area contributed by atoms with Crippen molar-refractivity contribution in [1.29, 1.82) is 0 Å². The number of ether oxygens (including phenoxy) is 1. The van der Waals surface area contributed by atoms with Crippen LogP contribution in [0.4, 0.5) is 10.2 Å². The van der Waals surface area contributed by atoms with Crippen LogP contribution in [0.3, 0.4) is 0 Å². The van der Waals surface area contributed by atoms with Crippen molar-refractivity contribution in [3.05, 3.63) is 66.0 Å². The third-order valence-electron chi connectivity index (χ3n) is 3.39. The lowest BCUT2D eigenvalue weighted by Gasteiger charge is -2.07. The van der Waals surface area contributed by atoms with Crippen LogP contribution in [0.5, 0.6) is 5.75 Å². The van der Waals surface area contributed by atoms with Crippen molar-refractivity contribution in [2.24, 2.45) is 7.05 Å². The van der Waals surface area contributed by atoms with Crippen LogP contribution in [0.15, 0.2) is 54.6 Å². The highest BCUT2D eigenvalue weighted by molar-refractivity contribution is 5.65. The first-order chi connectivity index (χ1) is 10.6. The largest absolute Gasteiger partial charge is 0.489 e. The van der Waals surface area contributed by atoms with E-state index in [0.29, 0.717) is 17.9 Å². The number of nitrogen functional groups attached to an aromatic ring is 1. The lowest BCUT2D eigenvalue weighted by molar-refractivity contribution is 0.306. The first-order valence-corrected chi connectivity index (χ1v) is 6.90. The molecular formula is C17H16FN3O. The second kappa shape index (κ2) is 5.89. The van der Waals surface area contributed by atoms with Gasteiger partial charge in [0.25, 0.3) is 0 Å². The summed E-state index contributed by atoms with van der Waals surface area (Å²) in [7, 11) is 1.61. The Hall–Kier alpha value is -2.82. The Labute approximate surface area is 128 Å². The summed E-state index contributed by atoms with van der Waals surface area (Å²) in [6.45, 7) is 0.455. The van der Waals surface area contributed by atoms with Gasteiger partial charge in [-0.2, -0.15) is 5.10 Å². The van der Waals surface area contributed by atoms with Gasteiger partial charge in [0.1, 0.15) is 18.1 Å². The van der Waals surface area contributed by atoms with Crippen LogP contribution in [0.25, 0.3) is 11.3 Å². The molecule has 2 aromatic carbocycles. The molecule has 0 amide bonds. The zero-order valence-corrected chi connectivity index (χ0v) is 12.2. The number of hydrogen-bond acceptors (Lipinski definition) is 3. The summed E-state index contributed by atoms with van der Waals surface area (Å²) in [5, 5.41) is 4.10. The summed E-state index contributed by atoms with van der Waals surface area (Å²) >= 11 is 0. The van der Waals surface area contributed by atoms with Gasteiger partial charge in [-0.3, -0.25) is 0 Å². The molecule has 0 saturated carbocycles. The quantitative estimate of drug-likeness (QED) is 0.803. The standard InChI is InChI=1S/C17H16FN3O/c1-21-17(19)15(18)16(20-21)13-8-5-9-14(10-13)22-11-12-6-3-2-4-7-12/h2-10H,11,19H2,1H3. The van der Waals surface area contributed by atoms with Crippen LogP contribution in [-0.4, -0.2) is 9.78 Å². The Morgan fingerprint density at radius 1 is 1.14 bits per heavy atom. The second-order valence-corrected chi connectivity index (χ2v) is 4.97. The fourth-order valence-corrected chi connectivity index (χ4v) is 2.17. The van der Waals surface area contributed by atoms with Gasteiger partial charge in [-0.1, -0.05) is 42.5 Å². The highest BCUT2D eigenvalue weighted by Crippen LogP contribution is 2.28. The van der Waals surface area contributed by atoms with Gasteiger partial charge in [-0.25, -0.2) is 9.07 Å². The molecule has 3 aromatic rings. The Morgan fingerprint density at radius 3 is 2.59 bits per heavy atom. The zero-order chi connectivity index (χ0) is 15.5. The Balaban J connectivity index is 1.82. The fraction of sp³-hybridized carbons (Fsp3) is 0.118. The molecule has 0 atom stereocenters. The molecule has 1 aromatic heterocycles. The van der Waals surface area contributed by atoms with Crippen LogP contribution in [0.1, 0.15) is 5.56 Å². The molecule has 0 aliphatic carbocycles. The van der Waals surface area contributed by atoms with E-state index in [4.69, 9.17) is 10.5 Å². The topological polar surface area (TPSA) is 53.1 Å². The lowest BCUT2D eigenvalue weighted by Crippen LogP contribution is -1.97. The molecule has 0 fully saturated rings. The molecule has 4 nitrogen and oxygen atoms in total. The van der Waals surface area contributed by atoms with Crippen molar-refractivity contribution in [1.82, 2.24) is 9.78 Å². The average molecular weight is 297 g/mol. The molecule has 112 valence electrons. The highest BCUT2D eigenvalue weighted by Gasteiger charge is 2.15. The van der Waals surface area contributed by atoms with Crippen molar-refractivity contribution in [2.75, 3.05) is 5.73 Å². The van der Waals surface area contributed by atoms with Crippen molar-refractivity contribution in [2.45, 2.75) is 6.61 Å². The van der Waals surface area contributed by atoms with Gasteiger partial charge in [0.15, 0.2) is 11.6 Å². The molecule has 0 unspecified atom stereocenters. The average Bonchev–Trinajstić information content (AvgIpc) is 2.82. The van der Waals surface area contributed by atoms with Gasteiger partial charge < -0.3 is 10.5 Å². The normalized spacial score (nSPS) is 10.6. The first-order valence-electron chi connectivity index (χ1n) is 6.90. The molecule has 0 aliphatic rings. The van der Waals surface area contributed by atoms with Crippen LogP contribution in [0, 0.1) is 5.82 Å². The third kappa shape index (κ3) is 2.79. The van der Waals surface area contributed by atoms with E-state index in [1.54, 1.807) is 25.2 Å². The fourth-order valence-electron chi connectivity index (χ4n) is 2.17. The molecule has 0 bridgehead atoms. The number of benzene rings is 2. The summed E-state index contributed by atoms with van der Waals surface area (Å²) in [4.78, 5) is 0. The first kappa shape index (κ1) is 14.1. The third-order valence-corrected chi connectivity index (χ3v) is 3.39. The van der Waals surface area contributed by atoms with E-state index in [0.717, 1.165) is 5.56 Å². The zero-order valence-electron chi connectivity index (χ0n) is 12.2. The molecule has 0 aliphatic heterocycles. The van der Waals surface area contributed by atoms with Crippen LogP contribution in [0.2, 0.25) is 0 Å². The van der Waals surface area contributed by atoms with Gasteiger partial charge >= 0.3 is 0 Å². The minimum atomic E-state index is -0.511. The maximum absolute atomic E-state index is 14.0. The minimum absolute atomic E-state index is 0.0191. The molecule has 0 saturated heterocycles. The minimum Gasteiger partial charge on any atom is -0.489 e. The summed E-state index contributed by atoms with van der Waals surface area (Å²) in [5.74, 6) is 0.165. The summed E-state index contributed by atoms with van der Waals surface area (Å²) in [5.41, 5.74) is 7.54. The molecule has 2 N–H and O–H groups in total. The molecule has 3 rings (SSSR count). The van der Waals surface area contributed by atoms with Crippen molar-refractivity contribution < 1.29 is 9.13 Å². The summed E-state index contributed by atoms with van der Waals surface area (Å²) in [6, 6.07) is 17.0. The summed E-state index contributed by atoms with van der Waals surface area (Å²) in [6.07, 6.45) is 0. The molecule has 0 radical (unpaired) electrons. The monoisotopic (exact) mass is 297 g/mol. The molecule has 5 heteroatoms. The molecule has 0 spiro atoms. The van der Waals surface area contributed by atoms with Crippen molar-refractivity contribution in [3.63, 3.8) is 0 Å². The number of aryl methyl sites for hydroxylation is 1. The van der Waals surface area contributed by atoms with Crippen LogP contribution in [-0.2, 0) is 13.7 Å². The van der Waals surface area contributed by atoms with Crippen LogP contribution < -0.4 is 10.5 Å². The van der Waals surface area contributed by atoms with Gasteiger partial charge in [-0.05, 0) is 17.7 Å². The van der Waals surface area contributed by atoms with E-state index in [-0.39, 0.29) is 11.5 Å². The Kier molecular flexibility index (Phi) is 3.78. The molecule has 22 heavy (non-hydrogen) atoms. The highest BCUT2D eigenvalue weighted by atomic mass is 19.1. The van der Waals surface area contributed by atoms with Gasteiger partial charge in [0.2, 0.25) is 0 Å². The van der Waals surface area contributed by atoms with Gasteiger partial charge in [-0.15, -0.1) is 0 Å². The van der Waals surface area contributed by atoms with E-state index < -0.39 is 5.82 Å².